The molecule has 0 spiro atoms. The van der Waals surface area contributed by atoms with E-state index in [1.165, 1.54) is 11.3 Å². The maximum absolute atomic E-state index is 12.3. The summed E-state index contributed by atoms with van der Waals surface area (Å²) in [6.07, 6.45) is 0. The highest BCUT2D eigenvalue weighted by atomic mass is 32.1. The first kappa shape index (κ1) is 16.4. The summed E-state index contributed by atoms with van der Waals surface area (Å²) in [5.41, 5.74) is 2.40. The molecule has 2 heterocycles. The maximum atomic E-state index is 12.3. The summed E-state index contributed by atoms with van der Waals surface area (Å²) in [4.78, 5) is 17.6. The van der Waals surface area contributed by atoms with Gasteiger partial charge in [0.2, 0.25) is 0 Å². The predicted octanol–water partition coefficient (Wildman–Crippen LogP) is 4.47. The normalized spacial score (nSPS) is 10.8. The van der Waals surface area contributed by atoms with Crippen LogP contribution in [0.15, 0.2) is 70.8 Å². The molecule has 6 heteroatoms. The van der Waals surface area contributed by atoms with Crippen LogP contribution < -0.4 is 15.6 Å². The Bertz CT molecular complexity index is 1100. The second-order valence-corrected chi connectivity index (χ2v) is 6.68. The van der Waals surface area contributed by atoms with Gasteiger partial charge in [-0.25, -0.2) is 4.98 Å². The highest BCUT2D eigenvalue weighted by Crippen LogP contribution is 2.29. The number of hydrogen-bond acceptors (Lipinski definition) is 5. The van der Waals surface area contributed by atoms with Gasteiger partial charge in [0.15, 0.2) is 10.7 Å². The van der Waals surface area contributed by atoms with Crippen LogP contribution in [0.5, 0.6) is 11.5 Å². The first-order valence-corrected chi connectivity index (χ1v) is 9.11. The summed E-state index contributed by atoms with van der Waals surface area (Å²) < 4.78 is 7.57. The van der Waals surface area contributed by atoms with E-state index in [4.69, 9.17) is 4.74 Å². The monoisotopic (exact) mass is 363 g/mol. The van der Waals surface area contributed by atoms with Crippen molar-refractivity contribution in [2.75, 3.05) is 5.32 Å². The summed E-state index contributed by atoms with van der Waals surface area (Å²) >= 11 is 1.47. The van der Waals surface area contributed by atoms with Gasteiger partial charge in [0.05, 0.1) is 17.9 Å². The highest BCUT2D eigenvalue weighted by Gasteiger charge is 2.08. The molecule has 2 aromatic heterocycles. The number of hydrogen-bond donors (Lipinski definition) is 1. The molecule has 0 aliphatic heterocycles. The van der Waals surface area contributed by atoms with Gasteiger partial charge < -0.3 is 10.1 Å². The molecule has 0 fully saturated rings. The molecule has 0 atom stereocenters. The van der Waals surface area contributed by atoms with Gasteiger partial charge >= 0.3 is 0 Å². The average Bonchev–Trinajstić information content (AvgIpc) is 3.03. The summed E-state index contributed by atoms with van der Waals surface area (Å²) in [5.74, 6) is 1.50. The summed E-state index contributed by atoms with van der Waals surface area (Å²) in [6, 6.07) is 18.9. The standard InChI is InChI=1S/C20H17N3O2S/c1-14-13-26-20-22-15(11-19(24)23(14)20)12-21-17-9-5-6-10-18(17)25-16-7-3-2-4-8-16/h2-11,13,21H,12H2,1H3. The third kappa shape index (κ3) is 3.32. The van der Waals surface area contributed by atoms with Crippen LogP contribution in [-0.4, -0.2) is 9.38 Å². The first-order chi connectivity index (χ1) is 12.7. The number of anilines is 1. The van der Waals surface area contributed by atoms with Crippen molar-refractivity contribution in [3.63, 3.8) is 0 Å². The molecule has 0 aliphatic rings. The number of ether oxygens (including phenoxy) is 1. The molecule has 0 unspecified atom stereocenters. The number of aromatic nitrogens is 2. The molecule has 0 amide bonds. The number of rotatable bonds is 5. The van der Waals surface area contributed by atoms with Crippen LogP contribution in [0.25, 0.3) is 4.96 Å². The maximum Gasteiger partial charge on any atom is 0.259 e. The van der Waals surface area contributed by atoms with Crippen molar-refractivity contribution in [2.24, 2.45) is 0 Å². The zero-order valence-corrected chi connectivity index (χ0v) is 15.0. The molecule has 2 aromatic carbocycles. The Labute approximate surface area is 154 Å². The second-order valence-electron chi connectivity index (χ2n) is 5.85. The lowest BCUT2D eigenvalue weighted by molar-refractivity contribution is 0.484. The van der Waals surface area contributed by atoms with E-state index in [-0.39, 0.29) is 5.56 Å². The van der Waals surface area contributed by atoms with Crippen molar-refractivity contribution in [1.82, 2.24) is 9.38 Å². The second kappa shape index (κ2) is 7.01. The lowest BCUT2D eigenvalue weighted by Gasteiger charge is -2.12. The van der Waals surface area contributed by atoms with E-state index in [1.54, 1.807) is 10.5 Å². The Morgan fingerprint density at radius 1 is 1.12 bits per heavy atom. The number of aryl methyl sites for hydroxylation is 1. The Morgan fingerprint density at radius 2 is 1.88 bits per heavy atom. The smallest absolute Gasteiger partial charge is 0.259 e. The van der Waals surface area contributed by atoms with Crippen LogP contribution in [0.4, 0.5) is 5.69 Å². The van der Waals surface area contributed by atoms with E-state index in [0.29, 0.717) is 17.2 Å². The number of fused-ring (bicyclic) bond motifs is 1. The van der Waals surface area contributed by atoms with Crippen LogP contribution in [0.1, 0.15) is 11.4 Å². The molecule has 0 aliphatic carbocycles. The van der Waals surface area contributed by atoms with Gasteiger partial charge in [-0.05, 0) is 31.2 Å². The van der Waals surface area contributed by atoms with Crippen LogP contribution in [0.2, 0.25) is 0 Å². The molecular weight excluding hydrogens is 346 g/mol. The van der Waals surface area contributed by atoms with Gasteiger partial charge in [-0.3, -0.25) is 9.20 Å². The van der Waals surface area contributed by atoms with Gasteiger partial charge in [0, 0.05) is 17.1 Å². The Morgan fingerprint density at radius 3 is 2.73 bits per heavy atom. The minimum atomic E-state index is -0.0561. The number of benzene rings is 2. The average molecular weight is 363 g/mol. The zero-order valence-electron chi connectivity index (χ0n) is 14.2. The number of nitrogens with one attached hydrogen (secondary N) is 1. The van der Waals surface area contributed by atoms with Crippen LogP contribution in [0, 0.1) is 6.92 Å². The van der Waals surface area contributed by atoms with E-state index in [1.807, 2.05) is 66.9 Å². The Balaban J connectivity index is 1.56. The molecular formula is C20H17N3O2S. The zero-order chi connectivity index (χ0) is 17.9. The van der Waals surface area contributed by atoms with Gasteiger partial charge in [0.1, 0.15) is 5.75 Å². The van der Waals surface area contributed by atoms with Crippen LogP contribution >= 0.6 is 11.3 Å². The van der Waals surface area contributed by atoms with E-state index < -0.39 is 0 Å². The Hall–Kier alpha value is -3.12. The van der Waals surface area contributed by atoms with Crippen molar-refractivity contribution in [3.05, 3.63) is 87.8 Å². The Kier molecular flexibility index (Phi) is 4.41. The molecule has 1 N–H and O–H groups in total. The first-order valence-electron chi connectivity index (χ1n) is 8.23. The van der Waals surface area contributed by atoms with Crippen molar-refractivity contribution < 1.29 is 4.74 Å². The minimum absolute atomic E-state index is 0.0561. The van der Waals surface area contributed by atoms with Gasteiger partial charge in [0.25, 0.3) is 5.56 Å². The summed E-state index contributed by atoms with van der Waals surface area (Å²) in [6.45, 7) is 2.35. The third-order valence-electron chi connectivity index (χ3n) is 3.95. The third-order valence-corrected chi connectivity index (χ3v) is 4.89. The number of thiazole rings is 1. The summed E-state index contributed by atoms with van der Waals surface area (Å²) in [7, 11) is 0. The fraction of sp³-hybridized carbons (Fsp3) is 0.100. The summed E-state index contributed by atoms with van der Waals surface area (Å²) in [5, 5.41) is 5.25. The molecule has 0 radical (unpaired) electrons. The van der Waals surface area contributed by atoms with Crippen LogP contribution in [-0.2, 0) is 6.54 Å². The van der Waals surface area contributed by atoms with Crippen molar-refractivity contribution in [3.8, 4) is 11.5 Å². The lowest BCUT2D eigenvalue weighted by Crippen LogP contribution is -2.16. The fourth-order valence-electron chi connectivity index (χ4n) is 2.69. The van der Waals surface area contributed by atoms with Gasteiger partial charge in [-0.2, -0.15) is 0 Å². The van der Waals surface area contributed by atoms with Crippen molar-refractivity contribution in [2.45, 2.75) is 13.5 Å². The van der Waals surface area contributed by atoms with Gasteiger partial charge in [-0.15, -0.1) is 11.3 Å². The van der Waals surface area contributed by atoms with Crippen molar-refractivity contribution in [1.29, 1.82) is 0 Å². The molecule has 26 heavy (non-hydrogen) atoms. The highest BCUT2D eigenvalue weighted by molar-refractivity contribution is 7.15. The molecule has 130 valence electrons. The van der Waals surface area contributed by atoms with E-state index in [0.717, 1.165) is 22.9 Å². The molecule has 5 nitrogen and oxygen atoms in total. The van der Waals surface area contributed by atoms with E-state index in [9.17, 15) is 4.79 Å². The predicted molar refractivity (Wildman–Crippen MR) is 104 cm³/mol. The number of para-hydroxylation sites is 3. The molecule has 0 bridgehead atoms. The molecule has 4 rings (SSSR count). The fourth-order valence-corrected chi connectivity index (χ4v) is 3.59. The quantitative estimate of drug-likeness (QED) is 0.568. The van der Waals surface area contributed by atoms with E-state index in [2.05, 4.69) is 10.3 Å². The number of nitrogens with zero attached hydrogens (tertiary/aromatic N) is 2. The van der Waals surface area contributed by atoms with E-state index >= 15 is 0 Å². The van der Waals surface area contributed by atoms with Gasteiger partial charge in [-0.1, -0.05) is 30.3 Å². The topological polar surface area (TPSA) is 55.6 Å². The van der Waals surface area contributed by atoms with Crippen molar-refractivity contribution >= 4 is 22.0 Å². The molecule has 0 saturated carbocycles. The largest absolute Gasteiger partial charge is 0.455 e. The SMILES string of the molecule is Cc1csc2nc(CNc3ccccc3Oc3ccccc3)cc(=O)n12. The molecule has 0 saturated heterocycles. The minimum Gasteiger partial charge on any atom is -0.455 e. The molecule has 4 aromatic rings. The van der Waals surface area contributed by atoms with Crippen LogP contribution in [0.3, 0.4) is 0 Å². The lowest BCUT2D eigenvalue weighted by atomic mass is 10.2.